The Labute approximate surface area is 95.9 Å². The molecule has 0 fully saturated rings. The van der Waals surface area contributed by atoms with Crippen LogP contribution >= 0.6 is 15.9 Å². The molecule has 81 valence electrons. The Kier molecular flexibility index (Phi) is 4.27. The van der Waals surface area contributed by atoms with Crippen molar-refractivity contribution in [3.63, 3.8) is 0 Å². The second-order valence-electron chi connectivity index (χ2n) is 2.90. The molecule has 1 aromatic rings. The van der Waals surface area contributed by atoms with E-state index in [1.165, 1.54) is 6.07 Å². The lowest BCUT2D eigenvalue weighted by molar-refractivity contribution is -0.0504. The van der Waals surface area contributed by atoms with Crippen LogP contribution in [0.1, 0.15) is 11.5 Å². The number of allylic oxidation sites excluding steroid dienone is 1. The fourth-order valence-electron chi connectivity index (χ4n) is 1.14. The van der Waals surface area contributed by atoms with Crippen LogP contribution in [0.5, 0.6) is 5.75 Å². The normalized spacial score (nSPS) is 12.6. The monoisotopic (exact) mass is 275 g/mol. The van der Waals surface area contributed by atoms with Gasteiger partial charge in [-0.3, -0.25) is 0 Å². The SMILES string of the molecule is [CH2]C(C=C)c1cc(Br)ccc1OC(F)F. The summed E-state index contributed by atoms with van der Waals surface area (Å²) < 4.78 is 29.3. The summed E-state index contributed by atoms with van der Waals surface area (Å²) in [5, 5.41) is 0. The summed E-state index contributed by atoms with van der Waals surface area (Å²) in [6.45, 7) is 4.51. The quantitative estimate of drug-likeness (QED) is 0.750. The summed E-state index contributed by atoms with van der Waals surface area (Å²) in [7, 11) is 0. The van der Waals surface area contributed by atoms with E-state index in [1.54, 1.807) is 18.2 Å². The van der Waals surface area contributed by atoms with Gasteiger partial charge < -0.3 is 4.74 Å². The summed E-state index contributed by atoms with van der Waals surface area (Å²) >= 11 is 3.25. The van der Waals surface area contributed by atoms with Gasteiger partial charge in [0.15, 0.2) is 0 Å². The second kappa shape index (κ2) is 5.26. The average molecular weight is 276 g/mol. The third-order valence-electron chi connectivity index (χ3n) is 1.87. The average Bonchev–Trinajstić information content (AvgIpc) is 2.19. The highest BCUT2D eigenvalue weighted by atomic mass is 79.9. The van der Waals surface area contributed by atoms with Crippen molar-refractivity contribution in [1.82, 2.24) is 0 Å². The molecule has 1 unspecified atom stereocenters. The van der Waals surface area contributed by atoms with Crippen LogP contribution < -0.4 is 4.74 Å². The van der Waals surface area contributed by atoms with E-state index in [4.69, 9.17) is 0 Å². The van der Waals surface area contributed by atoms with Crippen molar-refractivity contribution in [2.75, 3.05) is 0 Å². The van der Waals surface area contributed by atoms with Crippen LogP contribution in [-0.4, -0.2) is 6.61 Å². The molecule has 0 aliphatic rings. The molecule has 0 spiro atoms. The molecule has 0 aromatic heterocycles. The van der Waals surface area contributed by atoms with Crippen molar-refractivity contribution in [1.29, 1.82) is 0 Å². The predicted molar refractivity (Wildman–Crippen MR) is 59.1 cm³/mol. The molecule has 1 aromatic carbocycles. The Morgan fingerprint density at radius 1 is 1.40 bits per heavy atom. The van der Waals surface area contributed by atoms with E-state index in [0.29, 0.717) is 5.56 Å². The van der Waals surface area contributed by atoms with E-state index in [-0.39, 0.29) is 11.7 Å². The summed E-state index contributed by atoms with van der Waals surface area (Å²) in [4.78, 5) is 0. The smallest absolute Gasteiger partial charge is 0.387 e. The summed E-state index contributed by atoms with van der Waals surface area (Å²) in [6, 6.07) is 4.81. The van der Waals surface area contributed by atoms with Crippen molar-refractivity contribution >= 4 is 15.9 Å². The molecular formula is C11H10BrF2O. The minimum absolute atomic E-state index is 0.133. The molecule has 1 rings (SSSR count). The first-order valence-corrected chi connectivity index (χ1v) is 5.03. The molecule has 0 bridgehead atoms. The number of benzene rings is 1. The zero-order chi connectivity index (χ0) is 11.4. The standard InChI is InChI=1S/C11H10BrF2O/c1-3-7(2)9-6-8(12)4-5-10(9)15-11(13)14/h3-7,11H,1-2H2. The van der Waals surface area contributed by atoms with Gasteiger partial charge in [-0.2, -0.15) is 8.78 Å². The highest BCUT2D eigenvalue weighted by Gasteiger charge is 2.13. The fraction of sp³-hybridized carbons (Fsp3) is 0.182. The number of hydrogen-bond donors (Lipinski definition) is 0. The fourth-order valence-corrected chi connectivity index (χ4v) is 1.52. The topological polar surface area (TPSA) is 9.23 Å². The lowest BCUT2D eigenvalue weighted by Crippen LogP contribution is -2.05. The molecule has 1 nitrogen and oxygen atoms in total. The number of halogens is 3. The van der Waals surface area contributed by atoms with Crippen LogP contribution in [0.15, 0.2) is 35.3 Å². The minimum atomic E-state index is -2.83. The summed E-state index contributed by atoms with van der Waals surface area (Å²) in [6.07, 6.45) is 1.57. The molecule has 4 heteroatoms. The lowest BCUT2D eigenvalue weighted by Gasteiger charge is -2.14. The van der Waals surface area contributed by atoms with Gasteiger partial charge in [0, 0.05) is 16.0 Å². The molecule has 0 saturated carbocycles. The van der Waals surface area contributed by atoms with Crippen molar-refractivity contribution < 1.29 is 13.5 Å². The maximum Gasteiger partial charge on any atom is 0.387 e. The Morgan fingerprint density at radius 2 is 2.07 bits per heavy atom. The molecular weight excluding hydrogens is 266 g/mol. The minimum Gasteiger partial charge on any atom is -0.435 e. The van der Waals surface area contributed by atoms with Crippen molar-refractivity contribution in [3.8, 4) is 5.75 Å². The van der Waals surface area contributed by atoms with E-state index < -0.39 is 6.61 Å². The van der Waals surface area contributed by atoms with Gasteiger partial charge in [0.25, 0.3) is 0 Å². The highest BCUT2D eigenvalue weighted by Crippen LogP contribution is 2.31. The van der Waals surface area contributed by atoms with E-state index in [0.717, 1.165) is 4.47 Å². The molecule has 1 atom stereocenters. The highest BCUT2D eigenvalue weighted by molar-refractivity contribution is 9.10. The van der Waals surface area contributed by atoms with Gasteiger partial charge in [0.1, 0.15) is 5.75 Å². The van der Waals surface area contributed by atoms with Gasteiger partial charge in [-0.25, -0.2) is 0 Å². The first-order valence-electron chi connectivity index (χ1n) is 4.24. The molecule has 0 N–H and O–H groups in total. The molecule has 0 aliphatic carbocycles. The van der Waals surface area contributed by atoms with E-state index in [9.17, 15) is 8.78 Å². The molecule has 0 amide bonds. The van der Waals surface area contributed by atoms with Gasteiger partial charge in [-0.05, 0) is 25.1 Å². The zero-order valence-electron chi connectivity index (χ0n) is 7.92. The van der Waals surface area contributed by atoms with Crippen LogP contribution in [0, 0.1) is 6.92 Å². The Bertz CT molecular complexity index is 352. The molecule has 15 heavy (non-hydrogen) atoms. The van der Waals surface area contributed by atoms with Crippen LogP contribution in [0.25, 0.3) is 0 Å². The molecule has 0 saturated heterocycles. The van der Waals surface area contributed by atoms with E-state index >= 15 is 0 Å². The van der Waals surface area contributed by atoms with Gasteiger partial charge in [-0.15, -0.1) is 6.58 Å². The second-order valence-corrected chi connectivity index (χ2v) is 3.82. The first kappa shape index (κ1) is 12.2. The van der Waals surface area contributed by atoms with Gasteiger partial charge >= 0.3 is 6.61 Å². The van der Waals surface area contributed by atoms with Crippen LogP contribution in [0.2, 0.25) is 0 Å². The maximum absolute atomic E-state index is 12.1. The summed E-state index contributed by atoms with van der Waals surface area (Å²) in [5.41, 5.74) is 0.583. The van der Waals surface area contributed by atoms with E-state index in [1.807, 2.05) is 0 Å². The van der Waals surface area contributed by atoms with Crippen molar-refractivity contribution in [2.24, 2.45) is 0 Å². The largest absolute Gasteiger partial charge is 0.435 e. The van der Waals surface area contributed by atoms with Crippen LogP contribution in [0.4, 0.5) is 8.78 Å². The number of ether oxygens (including phenoxy) is 1. The molecule has 0 aliphatic heterocycles. The predicted octanol–water partition coefficient (Wildman–Crippen LogP) is 4.15. The number of hydrogen-bond acceptors (Lipinski definition) is 1. The zero-order valence-corrected chi connectivity index (χ0v) is 9.51. The lowest BCUT2D eigenvalue weighted by atomic mass is 10.0. The van der Waals surface area contributed by atoms with Crippen molar-refractivity contribution in [3.05, 3.63) is 47.8 Å². The van der Waals surface area contributed by atoms with Crippen molar-refractivity contribution in [2.45, 2.75) is 12.5 Å². The van der Waals surface area contributed by atoms with Gasteiger partial charge in [0.2, 0.25) is 0 Å². The number of alkyl halides is 2. The van der Waals surface area contributed by atoms with Gasteiger partial charge in [0.05, 0.1) is 0 Å². The third-order valence-corrected chi connectivity index (χ3v) is 2.37. The van der Waals surface area contributed by atoms with Crippen LogP contribution in [0.3, 0.4) is 0 Å². The molecule has 1 radical (unpaired) electrons. The Hall–Kier alpha value is -0.900. The van der Waals surface area contributed by atoms with Crippen LogP contribution in [-0.2, 0) is 0 Å². The van der Waals surface area contributed by atoms with E-state index in [2.05, 4.69) is 34.2 Å². The Morgan fingerprint density at radius 3 is 2.60 bits per heavy atom. The maximum atomic E-state index is 12.1. The third kappa shape index (κ3) is 3.30. The van der Waals surface area contributed by atoms with Gasteiger partial charge in [-0.1, -0.05) is 22.0 Å². The molecule has 0 heterocycles. The first-order chi connectivity index (χ1) is 7.04. The number of rotatable bonds is 4. The summed E-state index contributed by atoms with van der Waals surface area (Å²) in [5.74, 6) is -0.149. The Balaban J connectivity index is 3.08.